The standard InChI is InChI=1S/C21H23N3O4/c1-28-17-9-5-8-16(12-17)13-22-19(25)11-10-18-20(26)24(21(27)23-18)14-15-6-3-2-4-7-15/h2-9,12,18H,10-11,13-14H2,1H3,(H,22,25)(H,23,27)/t18-/m0/s1. The number of carbonyl (C=O) groups excluding carboxylic acids is 3. The summed E-state index contributed by atoms with van der Waals surface area (Å²) in [6.45, 7) is 0.602. The van der Waals surface area contributed by atoms with E-state index in [2.05, 4.69) is 10.6 Å². The van der Waals surface area contributed by atoms with Gasteiger partial charge < -0.3 is 15.4 Å². The third kappa shape index (κ3) is 4.88. The SMILES string of the molecule is COc1cccc(CNC(=O)CC[C@@H]2NC(=O)N(Cc3ccccc3)C2=O)c1. The van der Waals surface area contributed by atoms with Crippen LogP contribution < -0.4 is 15.4 Å². The van der Waals surface area contributed by atoms with Crippen LogP contribution in [0, 0.1) is 0 Å². The van der Waals surface area contributed by atoms with E-state index >= 15 is 0 Å². The summed E-state index contributed by atoms with van der Waals surface area (Å²) in [6.07, 6.45) is 0.416. The number of rotatable bonds is 8. The molecular formula is C21H23N3O4. The van der Waals surface area contributed by atoms with Crippen LogP contribution in [0.4, 0.5) is 4.79 Å². The topological polar surface area (TPSA) is 87.7 Å². The van der Waals surface area contributed by atoms with Gasteiger partial charge in [0.2, 0.25) is 5.91 Å². The van der Waals surface area contributed by atoms with Gasteiger partial charge >= 0.3 is 6.03 Å². The van der Waals surface area contributed by atoms with E-state index in [0.29, 0.717) is 6.54 Å². The maximum atomic E-state index is 12.5. The first-order valence-electron chi connectivity index (χ1n) is 9.12. The molecule has 0 aromatic heterocycles. The summed E-state index contributed by atoms with van der Waals surface area (Å²) in [5.41, 5.74) is 1.80. The van der Waals surface area contributed by atoms with E-state index in [0.717, 1.165) is 16.9 Å². The molecule has 3 rings (SSSR count). The van der Waals surface area contributed by atoms with Crippen LogP contribution in [0.25, 0.3) is 0 Å². The molecule has 1 aliphatic heterocycles. The van der Waals surface area contributed by atoms with Crippen molar-refractivity contribution in [3.63, 3.8) is 0 Å². The normalized spacial score (nSPS) is 16.0. The zero-order valence-electron chi connectivity index (χ0n) is 15.7. The summed E-state index contributed by atoms with van der Waals surface area (Å²) in [6, 6.07) is 15.7. The van der Waals surface area contributed by atoms with Crippen molar-refractivity contribution < 1.29 is 19.1 Å². The highest BCUT2D eigenvalue weighted by atomic mass is 16.5. The fourth-order valence-corrected chi connectivity index (χ4v) is 3.04. The average molecular weight is 381 g/mol. The Hall–Kier alpha value is -3.35. The van der Waals surface area contributed by atoms with Gasteiger partial charge in [0.05, 0.1) is 13.7 Å². The molecule has 7 heteroatoms. The molecule has 2 N–H and O–H groups in total. The van der Waals surface area contributed by atoms with Crippen LogP contribution in [0.1, 0.15) is 24.0 Å². The van der Waals surface area contributed by atoms with Gasteiger partial charge in [-0.25, -0.2) is 4.79 Å². The number of imide groups is 1. The number of amides is 4. The maximum Gasteiger partial charge on any atom is 0.325 e. The molecule has 1 saturated heterocycles. The Morgan fingerprint density at radius 1 is 1.11 bits per heavy atom. The third-order valence-electron chi connectivity index (χ3n) is 4.57. The zero-order chi connectivity index (χ0) is 19.9. The smallest absolute Gasteiger partial charge is 0.325 e. The molecule has 7 nitrogen and oxygen atoms in total. The lowest BCUT2D eigenvalue weighted by molar-refractivity contribution is -0.128. The van der Waals surface area contributed by atoms with Crippen LogP contribution in [-0.4, -0.2) is 35.9 Å². The summed E-state index contributed by atoms with van der Waals surface area (Å²) in [5.74, 6) is 0.255. The average Bonchev–Trinajstić information content (AvgIpc) is 2.99. The molecule has 1 heterocycles. The van der Waals surface area contributed by atoms with Crippen molar-refractivity contribution in [1.82, 2.24) is 15.5 Å². The van der Waals surface area contributed by atoms with E-state index in [9.17, 15) is 14.4 Å². The molecule has 0 radical (unpaired) electrons. The second-order valence-corrected chi connectivity index (χ2v) is 6.58. The van der Waals surface area contributed by atoms with E-state index in [1.807, 2.05) is 54.6 Å². The van der Waals surface area contributed by atoms with Crippen LogP contribution >= 0.6 is 0 Å². The molecule has 0 saturated carbocycles. The lowest BCUT2D eigenvalue weighted by atomic mass is 10.1. The number of nitrogens with zero attached hydrogens (tertiary/aromatic N) is 1. The molecular weight excluding hydrogens is 358 g/mol. The molecule has 28 heavy (non-hydrogen) atoms. The fraction of sp³-hybridized carbons (Fsp3) is 0.286. The summed E-state index contributed by atoms with van der Waals surface area (Å²) in [7, 11) is 1.59. The quantitative estimate of drug-likeness (QED) is 0.687. The molecule has 1 aliphatic rings. The fourth-order valence-electron chi connectivity index (χ4n) is 3.04. The van der Waals surface area contributed by atoms with E-state index in [1.165, 1.54) is 4.90 Å². The molecule has 0 spiro atoms. The van der Waals surface area contributed by atoms with Crippen molar-refractivity contribution in [2.45, 2.75) is 32.0 Å². The molecule has 2 aromatic rings. The van der Waals surface area contributed by atoms with Gasteiger partial charge in [-0.1, -0.05) is 42.5 Å². The van der Waals surface area contributed by atoms with Gasteiger partial charge in [-0.3, -0.25) is 14.5 Å². The highest BCUT2D eigenvalue weighted by Crippen LogP contribution is 2.15. The van der Waals surface area contributed by atoms with Crippen molar-refractivity contribution in [1.29, 1.82) is 0 Å². The van der Waals surface area contributed by atoms with Gasteiger partial charge in [0.25, 0.3) is 5.91 Å². The minimum Gasteiger partial charge on any atom is -0.497 e. The highest BCUT2D eigenvalue weighted by Gasteiger charge is 2.37. The predicted octanol–water partition coefficient (Wildman–Crippen LogP) is 2.21. The Morgan fingerprint density at radius 3 is 2.61 bits per heavy atom. The molecule has 146 valence electrons. The Labute approximate surface area is 163 Å². The number of benzene rings is 2. The van der Waals surface area contributed by atoms with Gasteiger partial charge in [-0.15, -0.1) is 0 Å². The van der Waals surface area contributed by atoms with E-state index in [1.54, 1.807) is 7.11 Å². The molecule has 4 amide bonds. The largest absolute Gasteiger partial charge is 0.497 e. The summed E-state index contributed by atoms with van der Waals surface area (Å²) in [5, 5.41) is 5.48. The van der Waals surface area contributed by atoms with Crippen LogP contribution in [0.15, 0.2) is 54.6 Å². The van der Waals surface area contributed by atoms with Crippen LogP contribution in [0.5, 0.6) is 5.75 Å². The molecule has 1 atom stereocenters. The van der Waals surface area contributed by atoms with Crippen molar-refractivity contribution in [3.05, 3.63) is 65.7 Å². The Kier molecular flexibility index (Phi) is 6.26. The number of carbonyl (C=O) groups is 3. The van der Waals surface area contributed by atoms with Gasteiger partial charge in [0.15, 0.2) is 0 Å². The van der Waals surface area contributed by atoms with Crippen molar-refractivity contribution in [2.75, 3.05) is 7.11 Å². The first-order chi connectivity index (χ1) is 13.6. The maximum absolute atomic E-state index is 12.5. The van der Waals surface area contributed by atoms with Crippen LogP contribution in [-0.2, 0) is 22.7 Å². The second-order valence-electron chi connectivity index (χ2n) is 6.58. The molecule has 1 fully saturated rings. The minimum absolute atomic E-state index is 0.153. The summed E-state index contributed by atoms with van der Waals surface area (Å²) < 4.78 is 5.16. The van der Waals surface area contributed by atoms with E-state index < -0.39 is 12.1 Å². The van der Waals surface area contributed by atoms with Crippen molar-refractivity contribution >= 4 is 17.8 Å². The Morgan fingerprint density at radius 2 is 1.86 bits per heavy atom. The number of urea groups is 1. The third-order valence-corrected chi connectivity index (χ3v) is 4.57. The van der Waals surface area contributed by atoms with Gasteiger partial charge in [-0.2, -0.15) is 0 Å². The number of ether oxygens (including phenoxy) is 1. The summed E-state index contributed by atoms with van der Waals surface area (Å²) >= 11 is 0. The van der Waals surface area contributed by atoms with E-state index in [4.69, 9.17) is 4.74 Å². The number of methoxy groups -OCH3 is 1. The zero-order valence-corrected chi connectivity index (χ0v) is 15.7. The Balaban J connectivity index is 1.47. The van der Waals surface area contributed by atoms with Gasteiger partial charge in [0.1, 0.15) is 11.8 Å². The molecule has 2 aromatic carbocycles. The van der Waals surface area contributed by atoms with Gasteiger partial charge in [-0.05, 0) is 29.7 Å². The Bertz CT molecular complexity index is 854. The van der Waals surface area contributed by atoms with Crippen molar-refractivity contribution in [3.8, 4) is 5.75 Å². The van der Waals surface area contributed by atoms with Gasteiger partial charge in [0, 0.05) is 13.0 Å². The highest BCUT2D eigenvalue weighted by molar-refractivity contribution is 6.04. The lowest BCUT2D eigenvalue weighted by Crippen LogP contribution is -2.32. The number of hydrogen-bond acceptors (Lipinski definition) is 4. The monoisotopic (exact) mass is 381 g/mol. The van der Waals surface area contributed by atoms with Crippen molar-refractivity contribution in [2.24, 2.45) is 0 Å². The number of hydrogen-bond donors (Lipinski definition) is 2. The molecule has 0 aliphatic carbocycles. The minimum atomic E-state index is -0.668. The molecule has 0 bridgehead atoms. The second kappa shape index (κ2) is 9.03. The number of nitrogens with one attached hydrogen (secondary N) is 2. The van der Waals surface area contributed by atoms with E-state index in [-0.39, 0.29) is 31.2 Å². The molecule has 0 unspecified atom stereocenters. The lowest BCUT2D eigenvalue weighted by Gasteiger charge is -2.13. The first kappa shape index (κ1) is 19.4. The predicted molar refractivity (Wildman–Crippen MR) is 103 cm³/mol. The first-order valence-corrected chi connectivity index (χ1v) is 9.12. The van der Waals surface area contributed by atoms with Crippen LogP contribution in [0.2, 0.25) is 0 Å². The van der Waals surface area contributed by atoms with Crippen LogP contribution in [0.3, 0.4) is 0 Å². The summed E-state index contributed by atoms with van der Waals surface area (Å²) in [4.78, 5) is 37.9.